The average Bonchev–Trinajstić information content (AvgIpc) is 2.88. The van der Waals surface area contributed by atoms with Crippen molar-refractivity contribution < 1.29 is 14.6 Å². The minimum Gasteiger partial charge on any atom is -0.389 e. The maximum absolute atomic E-state index is 9.83. The van der Waals surface area contributed by atoms with Crippen LogP contribution in [0.5, 0.6) is 0 Å². The molecular weight excluding hydrogens is 256 g/mol. The van der Waals surface area contributed by atoms with Gasteiger partial charge in [0.1, 0.15) is 0 Å². The van der Waals surface area contributed by atoms with E-state index in [0.717, 1.165) is 6.54 Å². The minimum atomic E-state index is -0.449. The van der Waals surface area contributed by atoms with Gasteiger partial charge < -0.3 is 24.8 Å². The summed E-state index contributed by atoms with van der Waals surface area (Å²) in [5.41, 5.74) is 0. The molecule has 2 N–H and O–H groups in total. The molecule has 0 aromatic carbocycles. The number of ether oxygens (including phenoxy) is 2. The highest BCUT2D eigenvalue weighted by atomic mass is 16.5. The Labute approximate surface area is 123 Å². The predicted octanol–water partition coefficient (Wildman–Crippen LogP) is 0.863. The molecule has 5 nitrogen and oxygen atoms in total. The maximum atomic E-state index is 9.83. The molecule has 5 heteroatoms. The normalized spacial score (nSPS) is 19.6. The van der Waals surface area contributed by atoms with Crippen LogP contribution in [0.15, 0.2) is 0 Å². The van der Waals surface area contributed by atoms with Gasteiger partial charge in [-0.2, -0.15) is 0 Å². The van der Waals surface area contributed by atoms with E-state index in [1.165, 1.54) is 25.9 Å². The molecule has 2 unspecified atom stereocenters. The monoisotopic (exact) mass is 288 g/mol. The SMILES string of the molecule is CC(CN1CCCC1)NCC(O)COCCOC(C)C. The van der Waals surface area contributed by atoms with Crippen LogP contribution in [0.3, 0.4) is 0 Å². The van der Waals surface area contributed by atoms with Crippen LogP contribution < -0.4 is 5.32 Å². The molecule has 20 heavy (non-hydrogen) atoms. The average molecular weight is 288 g/mol. The van der Waals surface area contributed by atoms with Crippen molar-refractivity contribution in [1.82, 2.24) is 10.2 Å². The zero-order valence-corrected chi connectivity index (χ0v) is 13.3. The van der Waals surface area contributed by atoms with Crippen molar-refractivity contribution in [3.05, 3.63) is 0 Å². The molecule has 0 bridgehead atoms. The number of hydrogen-bond donors (Lipinski definition) is 2. The molecule has 0 aromatic rings. The molecule has 1 rings (SSSR count). The van der Waals surface area contributed by atoms with Gasteiger partial charge in [-0.15, -0.1) is 0 Å². The topological polar surface area (TPSA) is 54.0 Å². The van der Waals surface area contributed by atoms with Gasteiger partial charge in [-0.25, -0.2) is 0 Å². The maximum Gasteiger partial charge on any atom is 0.0897 e. The van der Waals surface area contributed by atoms with Crippen molar-refractivity contribution in [1.29, 1.82) is 0 Å². The van der Waals surface area contributed by atoms with E-state index >= 15 is 0 Å². The van der Waals surface area contributed by atoms with Crippen molar-refractivity contribution in [3.63, 3.8) is 0 Å². The molecule has 1 fully saturated rings. The first-order valence-electron chi connectivity index (χ1n) is 7.91. The molecule has 2 atom stereocenters. The highest BCUT2D eigenvalue weighted by Crippen LogP contribution is 2.07. The van der Waals surface area contributed by atoms with Gasteiger partial charge in [0.05, 0.1) is 32.0 Å². The third kappa shape index (κ3) is 8.87. The Balaban J connectivity index is 1.94. The highest BCUT2D eigenvalue weighted by Gasteiger charge is 2.15. The van der Waals surface area contributed by atoms with E-state index in [-0.39, 0.29) is 6.10 Å². The largest absolute Gasteiger partial charge is 0.389 e. The third-order valence-electron chi connectivity index (χ3n) is 3.42. The summed E-state index contributed by atoms with van der Waals surface area (Å²) in [6.45, 7) is 11.7. The van der Waals surface area contributed by atoms with Gasteiger partial charge in [0.15, 0.2) is 0 Å². The molecule has 1 aliphatic heterocycles. The fourth-order valence-corrected chi connectivity index (χ4v) is 2.38. The van der Waals surface area contributed by atoms with Gasteiger partial charge in [0.2, 0.25) is 0 Å². The zero-order valence-electron chi connectivity index (χ0n) is 13.3. The lowest BCUT2D eigenvalue weighted by Crippen LogP contribution is -2.42. The zero-order chi connectivity index (χ0) is 14.8. The second kappa shape index (κ2) is 10.5. The molecule has 0 aromatic heterocycles. The van der Waals surface area contributed by atoms with Crippen molar-refractivity contribution in [2.45, 2.75) is 51.9 Å². The molecule has 0 spiro atoms. The van der Waals surface area contributed by atoms with E-state index in [1.807, 2.05) is 13.8 Å². The van der Waals surface area contributed by atoms with Crippen LogP contribution in [0.2, 0.25) is 0 Å². The predicted molar refractivity (Wildman–Crippen MR) is 81.1 cm³/mol. The summed E-state index contributed by atoms with van der Waals surface area (Å²) in [6, 6.07) is 0.409. The molecule has 0 aliphatic carbocycles. The molecular formula is C15H32N2O3. The second-order valence-electron chi connectivity index (χ2n) is 5.97. The van der Waals surface area contributed by atoms with Crippen molar-refractivity contribution in [2.75, 3.05) is 46.0 Å². The van der Waals surface area contributed by atoms with Gasteiger partial charge in [0, 0.05) is 19.1 Å². The van der Waals surface area contributed by atoms with Crippen LogP contribution in [-0.4, -0.2) is 74.3 Å². The summed E-state index contributed by atoms with van der Waals surface area (Å²) in [5, 5.41) is 13.2. The summed E-state index contributed by atoms with van der Waals surface area (Å²) >= 11 is 0. The van der Waals surface area contributed by atoms with E-state index in [4.69, 9.17) is 9.47 Å². The lowest BCUT2D eigenvalue weighted by atomic mass is 10.3. The second-order valence-corrected chi connectivity index (χ2v) is 5.97. The molecule has 0 radical (unpaired) electrons. The molecule has 120 valence electrons. The standard InChI is InChI=1S/C15H32N2O3/c1-13(2)20-9-8-19-12-15(18)10-16-14(3)11-17-6-4-5-7-17/h13-16,18H,4-12H2,1-3H3. The van der Waals surface area contributed by atoms with Gasteiger partial charge in [-0.1, -0.05) is 0 Å². The number of likely N-dealkylation sites (tertiary alicyclic amines) is 1. The van der Waals surface area contributed by atoms with E-state index in [0.29, 0.717) is 32.4 Å². The van der Waals surface area contributed by atoms with Crippen LogP contribution in [0.4, 0.5) is 0 Å². The lowest BCUT2D eigenvalue weighted by molar-refractivity contribution is -0.0105. The minimum absolute atomic E-state index is 0.233. The Bertz CT molecular complexity index is 233. The Morgan fingerprint density at radius 2 is 1.85 bits per heavy atom. The van der Waals surface area contributed by atoms with Crippen LogP contribution in [0, 0.1) is 0 Å². The van der Waals surface area contributed by atoms with E-state index in [2.05, 4.69) is 17.1 Å². The number of nitrogens with zero attached hydrogens (tertiary/aromatic N) is 1. The first kappa shape index (κ1) is 17.9. The first-order chi connectivity index (χ1) is 9.58. The molecule has 0 saturated carbocycles. The van der Waals surface area contributed by atoms with Crippen LogP contribution >= 0.6 is 0 Å². The summed E-state index contributed by atoms with van der Waals surface area (Å²) in [6.07, 6.45) is 2.43. The number of aliphatic hydroxyl groups excluding tert-OH is 1. The van der Waals surface area contributed by atoms with Crippen molar-refractivity contribution in [3.8, 4) is 0 Å². The van der Waals surface area contributed by atoms with Gasteiger partial charge >= 0.3 is 0 Å². The Morgan fingerprint density at radius 1 is 1.15 bits per heavy atom. The number of aliphatic hydroxyl groups is 1. The van der Waals surface area contributed by atoms with Crippen molar-refractivity contribution >= 4 is 0 Å². The van der Waals surface area contributed by atoms with E-state index in [1.54, 1.807) is 0 Å². The van der Waals surface area contributed by atoms with Crippen LogP contribution in [0.25, 0.3) is 0 Å². The van der Waals surface area contributed by atoms with Crippen LogP contribution in [0.1, 0.15) is 33.6 Å². The summed E-state index contributed by atoms with van der Waals surface area (Å²) in [4.78, 5) is 2.48. The Hall–Kier alpha value is -0.200. The lowest BCUT2D eigenvalue weighted by Gasteiger charge is -2.22. The van der Waals surface area contributed by atoms with E-state index < -0.39 is 6.10 Å². The summed E-state index contributed by atoms with van der Waals surface area (Å²) in [5.74, 6) is 0. The molecule has 1 saturated heterocycles. The summed E-state index contributed by atoms with van der Waals surface area (Å²) < 4.78 is 10.8. The Morgan fingerprint density at radius 3 is 2.50 bits per heavy atom. The fraction of sp³-hybridized carbons (Fsp3) is 1.00. The van der Waals surface area contributed by atoms with Crippen molar-refractivity contribution in [2.24, 2.45) is 0 Å². The molecule has 0 amide bonds. The smallest absolute Gasteiger partial charge is 0.0897 e. The third-order valence-corrected chi connectivity index (χ3v) is 3.42. The first-order valence-corrected chi connectivity index (χ1v) is 7.91. The number of hydrogen-bond acceptors (Lipinski definition) is 5. The number of rotatable bonds is 11. The van der Waals surface area contributed by atoms with E-state index in [9.17, 15) is 5.11 Å². The molecule has 1 heterocycles. The fourth-order valence-electron chi connectivity index (χ4n) is 2.38. The Kier molecular flexibility index (Phi) is 9.39. The highest BCUT2D eigenvalue weighted by molar-refractivity contribution is 4.73. The number of nitrogens with one attached hydrogen (secondary N) is 1. The van der Waals surface area contributed by atoms with Crippen LogP contribution in [-0.2, 0) is 9.47 Å². The van der Waals surface area contributed by atoms with Gasteiger partial charge in [0.25, 0.3) is 0 Å². The van der Waals surface area contributed by atoms with Gasteiger partial charge in [-0.3, -0.25) is 0 Å². The summed E-state index contributed by atoms with van der Waals surface area (Å²) in [7, 11) is 0. The van der Waals surface area contributed by atoms with Gasteiger partial charge in [-0.05, 0) is 46.7 Å². The molecule has 1 aliphatic rings. The quantitative estimate of drug-likeness (QED) is 0.552.